The molecule has 0 amide bonds. The number of likely N-dealkylation sites (tertiary alicyclic amines) is 1. The van der Waals surface area contributed by atoms with Crippen molar-refractivity contribution >= 4 is 29.2 Å². The first-order valence-corrected chi connectivity index (χ1v) is 8.12. The SMILES string of the molecule is CCCC1(C(=O)O)CCCN(Cc2cc(Cl)ccc2Cl)C1. The van der Waals surface area contributed by atoms with E-state index in [1.807, 2.05) is 13.0 Å². The Hall–Kier alpha value is -0.770. The minimum Gasteiger partial charge on any atom is -0.481 e. The van der Waals surface area contributed by atoms with E-state index in [1.165, 1.54) is 0 Å². The van der Waals surface area contributed by atoms with Crippen LogP contribution in [0.2, 0.25) is 10.0 Å². The molecule has 3 nitrogen and oxygen atoms in total. The number of benzene rings is 1. The second-order valence-corrected chi connectivity index (χ2v) is 6.73. The summed E-state index contributed by atoms with van der Waals surface area (Å²) in [6.07, 6.45) is 3.28. The molecule has 0 bridgehead atoms. The predicted octanol–water partition coefficient (Wildman–Crippen LogP) is 4.46. The quantitative estimate of drug-likeness (QED) is 0.866. The van der Waals surface area contributed by atoms with Crippen LogP contribution in [0.15, 0.2) is 18.2 Å². The molecule has 0 spiro atoms. The molecular weight excluding hydrogens is 309 g/mol. The Morgan fingerprint density at radius 3 is 2.86 bits per heavy atom. The molecule has 1 unspecified atom stereocenters. The number of rotatable bonds is 5. The summed E-state index contributed by atoms with van der Waals surface area (Å²) in [5, 5.41) is 11.0. The zero-order valence-corrected chi connectivity index (χ0v) is 13.8. The number of halogens is 2. The largest absolute Gasteiger partial charge is 0.481 e. The van der Waals surface area contributed by atoms with E-state index in [4.69, 9.17) is 23.2 Å². The summed E-state index contributed by atoms with van der Waals surface area (Å²) >= 11 is 12.2. The van der Waals surface area contributed by atoms with Gasteiger partial charge >= 0.3 is 5.97 Å². The van der Waals surface area contributed by atoms with Crippen molar-refractivity contribution in [3.63, 3.8) is 0 Å². The molecule has 1 aliphatic heterocycles. The standard InChI is InChI=1S/C16H21Cl2NO2/c1-2-6-16(15(20)21)7-3-8-19(11-16)10-12-9-13(17)4-5-14(12)18/h4-5,9H,2-3,6-8,10-11H2,1H3,(H,20,21). The maximum absolute atomic E-state index is 11.7. The first kappa shape index (κ1) is 16.6. The van der Waals surface area contributed by atoms with E-state index >= 15 is 0 Å². The van der Waals surface area contributed by atoms with Crippen LogP contribution >= 0.6 is 23.2 Å². The lowest BCUT2D eigenvalue weighted by molar-refractivity contribution is -0.153. The number of carboxylic acids is 1. The number of aliphatic carboxylic acids is 1. The van der Waals surface area contributed by atoms with E-state index in [0.29, 0.717) is 23.1 Å². The van der Waals surface area contributed by atoms with Crippen molar-refractivity contribution in [2.45, 2.75) is 39.2 Å². The highest BCUT2D eigenvalue weighted by molar-refractivity contribution is 6.33. The third-order valence-corrected chi connectivity index (χ3v) is 4.84. The molecule has 0 aliphatic carbocycles. The fraction of sp³-hybridized carbons (Fsp3) is 0.562. The minimum atomic E-state index is -0.675. The van der Waals surface area contributed by atoms with Gasteiger partial charge in [-0.1, -0.05) is 36.5 Å². The summed E-state index contributed by atoms with van der Waals surface area (Å²) in [7, 11) is 0. The maximum Gasteiger partial charge on any atom is 0.310 e. The van der Waals surface area contributed by atoms with Gasteiger partial charge in [0.2, 0.25) is 0 Å². The van der Waals surface area contributed by atoms with Crippen molar-refractivity contribution in [1.82, 2.24) is 4.90 Å². The van der Waals surface area contributed by atoms with Crippen LogP contribution in [0.4, 0.5) is 0 Å². The number of nitrogens with zero attached hydrogens (tertiary/aromatic N) is 1. The van der Waals surface area contributed by atoms with Crippen LogP contribution in [-0.4, -0.2) is 29.1 Å². The van der Waals surface area contributed by atoms with Crippen molar-refractivity contribution < 1.29 is 9.90 Å². The summed E-state index contributed by atoms with van der Waals surface area (Å²) in [5.41, 5.74) is 0.347. The Bertz CT molecular complexity index is 517. The fourth-order valence-corrected chi connectivity index (χ4v) is 3.60. The Morgan fingerprint density at radius 2 is 2.19 bits per heavy atom. The van der Waals surface area contributed by atoms with Crippen molar-refractivity contribution in [3.05, 3.63) is 33.8 Å². The monoisotopic (exact) mass is 329 g/mol. The summed E-state index contributed by atoms with van der Waals surface area (Å²) in [6.45, 7) is 4.18. The molecule has 5 heteroatoms. The summed E-state index contributed by atoms with van der Waals surface area (Å²) < 4.78 is 0. The molecule has 1 heterocycles. The zero-order valence-electron chi connectivity index (χ0n) is 12.2. The lowest BCUT2D eigenvalue weighted by atomic mass is 9.76. The minimum absolute atomic E-state index is 0.582. The summed E-state index contributed by atoms with van der Waals surface area (Å²) in [5.74, 6) is -0.675. The number of piperidine rings is 1. The average molecular weight is 330 g/mol. The molecule has 0 aromatic heterocycles. The molecule has 2 rings (SSSR count). The highest BCUT2D eigenvalue weighted by Crippen LogP contribution is 2.36. The number of hydrogen-bond donors (Lipinski definition) is 1. The first-order valence-electron chi connectivity index (χ1n) is 7.36. The molecule has 116 valence electrons. The molecule has 1 aromatic carbocycles. The highest BCUT2D eigenvalue weighted by atomic mass is 35.5. The van der Waals surface area contributed by atoms with Gasteiger partial charge in [-0.05, 0) is 49.6 Å². The predicted molar refractivity (Wildman–Crippen MR) is 85.9 cm³/mol. The molecule has 21 heavy (non-hydrogen) atoms. The van der Waals surface area contributed by atoms with Crippen molar-refractivity contribution in [2.24, 2.45) is 5.41 Å². The Morgan fingerprint density at radius 1 is 1.43 bits per heavy atom. The van der Waals surface area contributed by atoms with Gasteiger partial charge in [0.15, 0.2) is 0 Å². The molecule has 1 N–H and O–H groups in total. The maximum atomic E-state index is 11.7. The van der Waals surface area contributed by atoms with Crippen LogP contribution in [0.5, 0.6) is 0 Å². The van der Waals surface area contributed by atoms with Gasteiger partial charge in [-0.3, -0.25) is 9.69 Å². The smallest absolute Gasteiger partial charge is 0.310 e. The van der Waals surface area contributed by atoms with Gasteiger partial charge in [0.25, 0.3) is 0 Å². The van der Waals surface area contributed by atoms with Gasteiger partial charge in [0.1, 0.15) is 0 Å². The average Bonchev–Trinajstić information content (AvgIpc) is 2.43. The van der Waals surface area contributed by atoms with Crippen molar-refractivity contribution in [3.8, 4) is 0 Å². The third-order valence-electron chi connectivity index (χ3n) is 4.24. The van der Waals surface area contributed by atoms with E-state index in [1.54, 1.807) is 12.1 Å². The highest BCUT2D eigenvalue weighted by Gasteiger charge is 2.41. The number of hydrogen-bond acceptors (Lipinski definition) is 2. The molecule has 0 radical (unpaired) electrons. The van der Waals surface area contributed by atoms with Gasteiger partial charge in [-0.15, -0.1) is 0 Å². The van der Waals surface area contributed by atoms with Gasteiger partial charge in [0.05, 0.1) is 5.41 Å². The molecular formula is C16H21Cl2NO2. The van der Waals surface area contributed by atoms with E-state index in [0.717, 1.165) is 37.8 Å². The Kier molecular flexibility index (Phi) is 5.53. The van der Waals surface area contributed by atoms with Crippen LogP contribution in [0.1, 0.15) is 38.2 Å². The van der Waals surface area contributed by atoms with Crippen LogP contribution in [-0.2, 0) is 11.3 Å². The van der Waals surface area contributed by atoms with E-state index in [9.17, 15) is 9.90 Å². The topological polar surface area (TPSA) is 40.5 Å². The second kappa shape index (κ2) is 6.99. The zero-order chi connectivity index (χ0) is 15.5. The van der Waals surface area contributed by atoms with Crippen molar-refractivity contribution in [1.29, 1.82) is 0 Å². The van der Waals surface area contributed by atoms with E-state index < -0.39 is 11.4 Å². The molecule has 0 saturated carbocycles. The first-order chi connectivity index (χ1) is 9.97. The molecule has 1 saturated heterocycles. The van der Waals surface area contributed by atoms with E-state index in [2.05, 4.69) is 4.90 Å². The van der Waals surface area contributed by atoms with Crippen molar-refractivity contribution in [2.75, 3.05) is 13.1 Å². The van der Waals surface area contributed by atoms with E-state index in [-0.39, 0.29) is 0 Å². The van der Waals surface area contributed by atoms with Crippen LogP contribution in [0.25, 0.3) is 0 Å². The third kappa shape index (κ3) is 3.91. The molecule has 1 fully saturated rings. The number of carboxylic acid groups (broad SMARTS) is 1. The number of carbonyl (C=O) groups is 1. The Balaban J connectivity index is 2.13. The molecule has 1 aromatic rings. The summed E-state index contributed by atoms with van der Waals surface area (Å²) in [6, 6.07) is 5.42. The van der Waals surface area contributed by atoms with Crippen LogP contribution in [0.3, 0.4) is 0 Å². The van der Waals surface area contributed by atoms with Gasteiger partial charge in [-0.25, -0.2) is 0 Å². The molecule has 1 atom stereocenters. The van der Waals surface area contributed by atoms with Crippen LogP contribution < -0.4 is 0 Å². The second-order valence-electron chi connectivity index (χ2n) is 5.89. The van der Waals surface area contributed by atoms with Crippen LogP contribution in [0, 0.1) is 5.41 Å². The fourth-order valence-electron chi connectivity index (χ4n) is 3.23. The molecule has 1 aliphatic rings. The normalized spacial score (nSPS) is 23.2. The lowest BCUT2D eigenvalue weighted by Crippen LogP contribution is -2.47. The van der Waals surface area contributed by atoms with Gasteiger partial charge < -0.3 is 5.11 Å². The van der Waals surface area contributed by atoms with Gasteiger partial charge in [-0.2, -0.15) is 0 Å². The Labute approximate surface area is 135 Å². The summed E-state index contributed by atoms with van der Waals surface area (Å²) in [4.78, 5) is 13.9. The lowest BCUT2D eigenvalue weighted by Gasteiger charge is -2.40. The van der Waals surface area contributed by atoms with Gasteiger partial charge in [0, 0.05) is 23.1 Å².